The monoisotopic (exact) mass is 532 g/mol. The Bertz CT molecular complexity index is 639. The van der Waals surface area contributed by atoms with Crippen molar-refractivity contribution in [3.05, 3.63) is 12.2 Å². The lowest BCUT2D eigenvalue weighted by molar-refractivity contribution is -0.305. The third-order valence-electron chi connectivity index (χ3n) is 6.20. The Morgan fingerprint density at radius 3 is 2.14 bits per heavy atom. The number of rotatable bonds is 20. The molecule has 37 heavy (non-hydrogen) atoms. The summed E-state index contributed by atoms with van der Waals surface area (Å²) in [6.07, 6.45) is 7.67. The third-order valence-corrected chi connectivity index (χ3v) is 6.20. The molecular formula is C27H48O10. The van der Waals surface area contributed by atoms with Crippen molar-refractivity contribution in [1.82, 2.24) is 0 Å². The van der Waals surface area contributed by atoms with Gasteiger partial charge in [-0.2, -0.15) is 0 Å². The van der Waals surface area contributed by atoms with E-state index in [-0.39, 0.29) is 26.1 Å². The summed E-state index contributed by atoms with van der Waals surface area (Å²) < 4.78 is 21.3. The summed E-state index contributed by atoms with van der Waals surface area (Å²) in [5.74, 6) is -0.922. The van der Waals surface area contributed by atoms with E-state index in [1.807, 2.05) is 0 Å². The average Bonchev–Trinajstić information content (AvgIpc) is 2.90. The zero-order valence-electron chi connectivity index (χ0n) is 22.5. The van der Waals surface area contributed by atoms with Crippen LogP contribution in [0.2, 0.25) is 0 Å². The highest BCUT2D eigenvalue weighted by molar-refractivity contribution is 5.70. The quantitative estimate of drug-likeness (QED) is 0.105. The Morgan fingerprint density at radius 2 is 1.49 bits per heavy atom. The highest BCUT2D eigenvalue weighted by Gasteiger charge is 2.44. The van der Waals surface area contributed by atoms with E-state index in [4.69, 9.17) is 18.9 Å². The molecule has 1 rings (SSSR count). The maximum atomic E-state index is 12.3. The third kappa shape index (κ3) is 14.2. The van der Waals surface area contributed by atoms with Gasteiger partial charge in [0.15, 0.2) is 12.4 Å². The minimum atomic E-state index is -1.59. The molecule has 10 nitrogen and oxygen atoms in total. The van der Waals surface area contributed by atoms with Crippen LogP contribution in [0.3, 0.4) is 0 Å². The Hall–Kier alpha value is -1.56. The first-order chi connectivity index (χ1) is 17.8. The normalized spacial score (nSPS) is 24.8. The molecule has 0 aliphatic carbocycles. The molecule has 0 aromatic rings. The summed E-state index contributed by atoms with van der Waals surface area (Å²) in [5.41, 5.74) is 0. The number of allylic oxidation sites excluding steroid dienone is 2. The summed E-state index contributed by atoms with van der Waals surface area (Å²) in [5, 5.41) is 39.2. The van der Waals surface area contributed by atoms with E-state index in [2.05, 4.69) is 19.1 Å². The van der Waals surface area contributed by atoms with E-state index in [1.165, 1.54) is 19.3 Å². The molecule has 0 aromatic heterocycles. The van der Waals surface area contributed by atoms with Crippen LogP contribution in [0.15, 0.2) is 12.2 Å². The van der Waals surface area contributed by atoms with E-state index >= 15 is 0 Å². The molecule has 0 saturated carbocycles. The van der Waals surface area contributed by atoms with Crippen LogP contribution in [0.5, 0.6) is 0 Å². The lowest BCUT2D eigenvalue weighted by Crippen LogP contribution is -2.59. The zero-order valence-corrected chi connectivity index (χ0v) is 22.5. The molecule has 1 aliphatic rings. The number of aliphatic hydroxyl groups is 4. The standard InChI is InChI=1S/C27H48O10/c1-3-5-6-7-8-9-10-11-12-13-14-15-16-23(30)36-20(18-34-22(29)4-2)19-35-27-26(33)25(32)24(31)21(17-28)37-27/h8-9,20-21,24-28,31-33H,3-7,10-19H2,1-2H3/b9-8-. The molecule has 1 saturated heterocycles. The molecule has 0 spiro atoms. The zero-order chi connectivity index (χ0) is 27.5. The molecule has 1 heterocycles. The van der Waals surface area contributed by atoms with Gasteiger partial charge in [0.05, 0.1) is 13.2 Å². The molecule has 0 radical (unpaired) electrons. The number of esters is 2. The van der Waals surface area contributed by atoms with Crippen molar-refractivity contribution in [2.45, 2.75) is 128 Å². The van der Waals surface area contributed by atoms with Crippen molar-refractivity contribution in [2.24, 2.45) is 0 Å². The molecule has 10 heteroatoms. The smallest absolute Gasteiger partial charge is 0.306 e. The molecule has 0 bridgehead atoms. The lowest BCUT2D eigenvalue weighted by atomic mass is 9.99. The van der Waals surface area contributed by atoms with Crippen LogP contribution in [0.1, 0.15) is 90.9 Å². The van der Waals surface area contributed by atoms with Crippen molar-refractivity contribution >= 4 is 11.9 Å². The van der Waals surface area contributed by atoms with Gasteiger partial charge in [0.25, 0.3) is 0 Å². The summed E-state index contributed by atoms with van der Waals surface area (Å²) in [7, 11) is 0. The fourth-order valence-corrected chi connectivity index (χ4v) is 3.87. The van der Waals surface area contributed by atoms with Gasteiger partial charge in [0.1, 0.15) is 31.0 Å². The van der Waals surface area contributed by atoms with Crippen LogP contribution in [0, 0.1) is 0 Å². The van der Waals surface area contributed by atoms with Crippen LogP contribution in [0.25, 0.3) is 0 Å². The second-order valence-corrected chi connectivity index (χ2v) is 9.45. The molecule has 216 valence electrons. The Labute approximate surface area is 220 Å². The maximum absolute atomic E-state index is 12.3. The first-order valence-corrected chi connectivity index (χ1v) is 13.8. The van der Waals surface area contributed by atoms with Gasteiger partial charge in [-0.1, -0.05) is 58.1 Å². The highest BCUT2D eigenvalue weighted by Crippen LogP contribution is 2.22. The van der Waals surface area contributed by atoms with Gasteiger partial charge in [0, 0.05) is 12.8 Å². The van der Waals surface area contributed by atoms with Gasteiger partial charge in [-0.15, -0.1) is 0 Å². The Kier molecular flexibility index (Phi) is 18.5. The van der Waals surface area contributed by atoms with Crippen molar-refractivity contribution in [3.8, 4) is 0 Å². The van der Waals surface area contributed by atoms with Gasteiger partial charge in [-0.3, -0.25) is 9.59 Å². The first kappa shape index (κ1) is 33.5. The fourth-order valence-electron chi connectivity index (χ4n) is 3.87. The average molecular weight is 533 g/mol. The molecule has 0 aromatic carbocycles. The Morgan fingerprint density at radius 1 is 0.838 bits per heavy atom. The van der Waals surface area contributed by atoms with Crippen molar-refractivity contribution < 1.29 is 49.0 Å². The lowest BCUT2D eigenvalue weighted by Gasteiger charge is -2.39. The Balaban J connectivity index is 2.36. The van der Waals surface area contributed by atoms with E-state index in [9.17, 15) is 30.0 Å². The number of aliphatic hydroxyl groups excluding tert-OH is 4. The number of carbonyl (C=O) groups is 2. The highest BCUT2D eigenvalue weighted by atomic mass is 16.7. The van der Waals surface area contributed by atoms with Crippen molar-refractivity contribution in [3.63, 3.8) is 0 Å². The summed E-state index contributed by atoms with van der Waals surface area (Å²) in [4.78, 5) is 23.9. The van der Waals surface area contributed by atoms with Gasteiger partial charge in [-0.05, 0) is 32.1 Å². The number of ether oxygens (including phenoxy) is 4. The number of hydrogen-bond donors (Lipinski definition) is 4. The minimum Gasteiger partial charge on any atom is -0.462 e. The largest absolute Gasteiger partial charge is 0.462 e. The number of hydrogen-bond acceptors (Lipinski definition) is 10. The van der Waals surface area contributed by atoms with Gasteiger partial charge in [-0.25, -0.2) is 0 Å². The predicted molar refractivity (Wildman–Crippen MR) is 136 cm³/mol. The molecule has 6 unspecified atom stereocenters. The number of carbonyl (C=O) groups excluding carboxylic acids is 2. The predicted octanol–water partition coefficient (Wildman–Crippen LogP) is 2.54. The second-order valence-electron chi connectivity index (χ2n) is 9.45. The topological polar surface area (TPSA) is 152 Å². The molecule has 1 fully saturated rings. The molecule has 4 N–H and O–H groups in total. The molecular weight excluding hydrogens is 484 g/mol. The first-order valence-electron chi connectivity index (χ1n) is 13.8. The van der Waals surface area contributed by atoms with E-state index in [0.29, 0.717) is 6.42 Å². The molecule has 1 aliphatic heterocycles. The van der Waals surface area contributed by atoms with Gasteiger partial charge < -0.3 is 39.4 Å². The van der Waals surface area contributed by atoms with Crippen LogP contribution in [-0.4, -0.2) is 89.0 Å². The van der Waals surface area contributed by atoms with Crippen LogP contribution in [0.4, 0.5) is 0 Å². The van der Waals surface area contributed by atoms with Crippen molar-refractivity contribution in [1.29, 1.82) is 0 Å². The van der Waals surface area contributed by atoms with Gasteiger partial charge >= 0.3 is 11.9 Å². The van der Waals surface area contributed by atoms with E-state index in [0.717, 1.165) is 38.5 Å². The van der Waals surface area contributed by atoms with Crippen LogP contribution < -0.4 is 0 Å². The summed E-state index contributed by atoms with van der Waals surface area (Å²) >= 11 is 0. The van der Waals surface area contributed by atoms with Crippen LogP contribution in [-0.2, 0) is 28.5 Å². The minimum absolute atomic E-state index is 0.156. The van der Waals surface area contributed by atoms with Crippen LogP contribution >= 0.6 is 0 Å². The van der Waals surface area contributed by atoms with Gasteiger partial charge in [0.2, 0.25) is 0 Å². The molecule has 6 atom stereocenters. The fraction of sp³-hybridized carbons (Fsp3) is 0.852. The van der Waals surface area contributed by atoms with E-state index in [1.54, 1.807) is 6.92 Å². The summed E-state index contributed by atoms with van der Waals surface area (Å²) in [6.45, 7) is 2.73. The molecule has 0 amide bonds. The maximum Gasteiger partial charge on any atom is 0.306 e. The second kappa shape index (κ2) is 20.4. The SMILES string of the molecule is CCCCC/C=C\CCCCCCCC(=O)OC(COC(=O)CC)COC1OC(CO)C(O)C(O)C1O. The number of unbranched alkanes of at least 4 members (excludes halogenated alkanes) is 8. The van der Waals surface area contributed by atoms with Crippen molar-refractivity contribution in [2.75, 3.05) is 19.8 Å². The summed E-state index contributed by atoms with van der Waals surface area (Å²) in [6, 6.07) is 0. The van der Waals surface area contributed by atoms with E-state index < -0.39 is 55.4 Å².